The molecule has 0 amide bonds. The van der Waals surface area contributed by atoms with Crippen molar-refractivity contribution in [2.75, 3.05) is 0 Å². The molecule has 2 saturated carbocycles. The van der Waals surface area contributed by atoms with Crippen LogP contribution in [0.3, 0.4) is 0 Å². The molecule has 0 nitrogen and oxygen atoms in total. The maximum atomic E-state index is 14.8. The lowest BCUT2D eigenvalue weighted by atomic mass is 9.64. The molecule has 2 aliphatic carbocycles. The average Bonchev–Trinajstić information content (AvgIpc) is 2.70. The van der Waals surface area contributed by atoms with E-state index in [1.54, 1.807) is 18.2 Å². The van der Waals surface area contributed by atoms with E-state index in [-0.39, 0.29) is 10.8 Å². The highest BCUT2D eigenvalue weighted by Gasteiger charge is 2.35. The average molecular weight is 401 g/mol. The van der Waals surface area contributed by atoms with Crippen molar-refractivity contribution in [2.45, 2.75) is 51.4 Å². The van der Waals surface area contributed by atoms with Gasteiger partial charge in [-0.05, 0) is 98.4 Å². The molecule has 2 fully saturated rings. The van der Waals surface area contributed by atoms with Crippen LogP contribution in [0.1, 0.15) is 56.9 Å². The van der Waals surface area contributed by atoms with E-state index in [4.69, 9.17) is 11.6 Å². The quantitative estimate of drug-likeness (QED) is 0.456. The van der Waals surface area contributed by atoms with Gasteiger partial charge in [0.1, 0.15) is 11.6 Å². The van der Waals surface area contributed by atoms with E-state index in [2.05, 4.69) is 19.1 Å². The Bertz CT molecular complexity index is 873. The van der Waals surface area contributed by atoms with Gasteiger partial charge >= 0.3 is 0 Å². The molecule has 0 bridgehead atoms. The van der Waals surface area contributed by atoms with E-state index >= 15 is 0 Å². The van der Waals surface area contributed by atoms with Crippen molar-refractivity contribution >= 4 is 11.6 Å². The number of hydrogen-bond acceptors (Lipinski definition) is 0. The Balaban J connectivity index is 1.49. The Morgan fingerprint density at radius 3 is 2.43 bits per heavy atom. The molecular weight excluding hydrogens is 374 g/mol. The topological polar surface area (TPSA) is 0 Å². The fourth-order valence-corrected chi connectivity index (χ4v) is 5.48. The molecule has 0 aromatic heterocycles. The third kappa shape index (κ3) is 4.03. The third-order valence-corrected chi connectivity index (χ3v) is 7.12. The summed E-state index contributed by atoms with van der Waals surface area (Å²) in [7, 11) is 0. The summed E-state index contributed by atoms with van der Waals surface area (Å²) in [5, 5.41) is 0.0571. The van der Waals surface area contributed by atoms with Crippen LogP contribution in [-0.4, -0.2) is 0 Å². The zero-order valence-electron chi connectivity index (χ0n) is 16.3. The fraction of sp³-hybridized carbons (Fsp3) is 0.440. The fourth-order valence-electron chi connectivity index (χ4n) is 5.36. The van der Waals surface area contributed by atoms with Gasteiger partial charge in [-0.15, -0.1) is 0 Å². The number of rotatable bonds is 3. The second-order valence-corrected chi connectivity index (χ2v) is 8.90. The Labute approximate surface area is 171 Å². The molecule has 0 N–H and O–H groups in total. The van der Waals surface area contributed by atoms with Crippen molar-refractivity contribution in [1.29, 1.82) is 0 Å². The molecule has 0 saturated heterocycles. The summed E-state index contributed by atoms with van der Waals surface area (Å²) >= 11 is 5.74. The standard InChI is InChI=1S/C25H27ClF2/c1-2-3-16-4-5-18-13-19(7-6-17(18)12-16)20-8-10-22(24(27)14-20)21-9-11-23(26)25(28)15-21/h2-3,8-11,14-19H,4-7,12-13H2,1H3/b3-2+. The van der Waals surface area contributed by atoms with Crippen LogP contribution in [0.4, 0.5) is 8.78 Å². The molecule has 3 heteroatoms. The molecule has 2 aromatic carbocycles. The lowest BCUT2D eigenvalue weighted by Gasteiger charge is -2.41. The van der Waals surface area contributed by atoms with E-state index in [0.717, 1.165) is 29.7 Å². The first kappa shape index (κ1) is 19.6. The van der Waals surface area contributed by atoms with E-state index in [9.17, 15) is 8.78 Å². The van der Waals surface area contributed by atoms with Gasteiger partial charge in [-0.25, -0.2) is 8.78 Å². The molecule has 148 valence electrons. The first-order chi connectivity index (χ1) is 13.5. The molecule has 0 aliphatic heterocycles. The zero-order valence-corrected chi connectivity index (χ0v) is 17.1. The summed E-state index contributed by atoms with van der Waals surface area (Å²) in [4.78, 5) is 0. The van der Waals surface area contributed by atoms with Gasteiger partial charge in [0.25, 0.3) is 0 Å². The second-order valence-electron chi connectivity index (χ2n) is 8.50. The normalized spacial score (nSPS) is 27.7. The molecule has 0 heterocycles. The van der Waals surface area contributed by atoms with Crippen LogP contribution in [0.2, 0.25) is 5.02 Å². The first-order valence-electron chi connectivity index (χ1n) is 10.4. The van der Waals surface area contributed by atoms with Crippen molar-refractivity contribution in [1.82, 2.24) is 0 Å². The van der Waals surface area contributed by atoms with Crippen LogP contribution >= 0.6 is 11.6 Å². The monoisotopic (exact) mass is 400 g/mol. The van der Waals surface area contributed by atoms with Crippen molar-refractivity contribution in [3.05, 3.63) is 70.8 Å². The van der Waals surface area contributed by atoms with Gasteiger partial charge in [0.2, 0.25) is 0 Å². The summed E-state index contributed by atoms with van der Waals surface area (Å²) in [5.74, 6) is 1.98. The molecule has 4 rings (SSSR count). The highest BCUT2D eigenvalue weighted by atomic mass is 35.5. The SMILES string of the molecule is C/C=C/C1CCC2CC(c3ccc(-c4ccc(Cl)c(F)c4)c(F)c3)CCC2C1. The van der Waals surface area contributed by atoms with E-state index < -0.39 is 5.82 Å². The number of halogens is 3. The summed E-state index contributed by atoms with van der Waals surface area (Å²) in [6, 6.07) is 9.93. The predicted octanol–water partition coefficient (Wildman–Crippen LogP) is 8.16. The Morgan fingerprint density at radius 1 is 0.893 bits per heavy atom. The van der Waals surface area contributed by atoms with Crippen LogP contribution in [0.25, 0.3) is 11.1 Å². The van der Waals surface area contributed by atoms with Crippen LogP contribution < -0.4 is 0 Å². The van der Waals surface area contributed by atoms with E-state index in [0.29, 0.717) is 17.0 Å². The van der Waals surface area contributed by atoms with Crippen molar-refractivity contribution in [3.63, 3.8) is 0 Å². The third-order valence-electron chi connectivity index (χ3n) is 6.81. The molecule has 28 heavy (non-hydrogen) atoms. The second kappa shape index (κ2) is 8.37. The minimum atomic E-state index is -0.519. The zero-order chi connectivity index (χ0) is 19.7. The molecular formula is C25H27ClF2. The van der Waals surface area contributed by atoms with Crippen LogP contribution in [-0.2, 0) is 0 Å². The minimum absolute atomic E-state index is 0.0571. The first-order valence-corrected chi connectivity index (χ1v) is 10.8. The predicted molar refractivity (Wildman–Crippen MR) is 113 cm³/mol. The van der Waals surface area contributed by atoms with Crippen molar-refractivity contribution < 1.29 is 8.78 Å². The van der Waals surface area contributed by atoms with Gasteiger partial charge in [-0.3, -0.25) is 0 Å². The molecule has 4 atom stereocenters. The maximum absolute atomic E-state index is 14.8. The largest absolute Gasteiger partial charge is 0.206 e. The number of hydrogen-bond donors (Lipinski definition) is 0. The van der Waals surface area contributed by atoms with E-state index in [1.807, 2.05) is 6.07 Å². The van der Waals surface area contributed by atoms with Crippen molar-refractivity contribution in [3.8, 4) is 11.1 Å². The summed E-state index contributed by atoms with van der Waals surface area (Å²) in [6.45, 7) is 2.11. The summed E-state index contributed by atoms with van der Waals surface area (Å²) in [5.41, 5.74) is 2.04. The summed E-state index contributed by atoms with van der Waals surface area (Å²) < 4.78 is 28.6. The van der Waals surface area contributed by atoms with Gasteiger partial charge in [-0.1, -0.05) is 42.0 Å². The highest BCUT2D eigenvalue weighted by Crippen LogP contribution is 2.48. The van der Waals surface area contributed by atoms with E-state index in [1.165, 1.54) is 44.2 Å². The van der Waals surface area contributed by atoms with Crippen LogP contribution in [0, 0.1) is 29.4 Å². The smallest absolute Gasteiger partial charge is 0.142 e. The lowest BCUT2D eigenvalue weighted by molar-refractivity contribution is 0.133. The summed E-state index contributed by atoms with van der Waals surface area (Å²) in [6.07, 6.45) is 12.0. The van der Waals surface area contributed by atoms with Gasteiger partial charge in [0, 0.05) is 5.56 Å². The van der Waals surface area contributed by atoms with Gasteiger partial charge in [0.05, 0.1) is 5.02 Å². The number of benzene rings is 2. The molecule has 0 radical (unpaired) electrons. The number of fused-ring (bicyclic) bond motifs is 1. The molecule has 2 aromatic rings. The Morgan fingerprint density at radius 2 is 1.68 bits per heavy atom. The highest BCUT2D eigenvalue weighted by molar-refractivity contribution is 6.30. The lowest BCUT2D eigenvalue weighted by Crippen LogP contribution is -2.30. The number of allylic oxidation sites excluding steroid dienone is 2. The Hall–Kier alpha value is -1.67. The molecule has 2 aliphatic rings. The molecule has 4 unspecified atom stereocenters. The Kier molecular flexibility index (Phi) is 5.87. The van der Waals surface area contributed by atoms with Crippen molar-refractivity contribution in [2.24, 2.45) is 17.8 Å². The van der Waals surface area contributed by atoms with Gasteiger partial charge < -0.3 is 0 Å². The van der Waals surface area contributed by atoms with Gasteiger partial charge in [0.15, 0.2) is 0 Å². The van der Waals surface area contributed by atoms with Crippen LogP contribution in [0.15, 0.2) is 48.6 Å². The van der Waals surface area contributed by atoms with Crippen LogP contribution in [0.5, 0.6) is 0 Å². The van der Waals surface area contributed by atoms with Gasteiger partial charge in [-0.2, -0.15) is 0 Å². The molecule has 0 spiro atoms. The minimum Gasteiger partial charge on any atom is -0.206 e. The maximum Gasteiger partial charge on any atom is 0.142 e.